The molecule has 2 atom stereocenters. The van der Waals surface area contributed by atoms with E-state index in [1.165, 1.54) is 0 Å². The van der Waals surface area contributed by atoms with E-state index in [0.717, 1.165) is 17.7 Å². The van der Waals surface area contributed by atoms with E-state index in [2.05, 4.69) is 13.2 Å². The lowest BCUT2D eigenvalue weighted by Gasteiger charge is -2.30. The number of carbonyl (C=O) groups is 1. The van der Waals surface area contributed by atoms with Crippen LogP contribution >= 0.6 is 24.0 Å². The van der Waals surface area contributed by atoms with Crippen molar-refractivity contribution in [1.82, 2.24) is 4.90 Å². The molecule has 0 bridgehead atoms. The van der Waals surface area contributed by atoms with Gasteiger partial charge in [0, 0.05) is 18.8 Å². The summed E-state index contributed by atoms with van der Waals surface area (Å²) in [4.78, 5) is 14.8. The van der Waals surface area contributed by atoms with Crippen LogP contribution in [0.15, 0.2) is 30.3 Å². The quantitative estimate of drug-likeness (QED) is 0.747. The summed E-state index contributed by atoms with van der Waals surface area (Å²) in [5.74, 6) is 0.518. The lowest BCUT2D eigenvalue weighted by molar-refractivity contribution is -0.133. The maximum Gasteiger partial charge on any atom is 0.232 e. The maximum atomic E-state index is 12.7. The molecule has 1 aromatic carbocycles. The van der Waals surface area contributed by atoms with E-state index in [9.17, 15) is 4.79 Å². The standard InChI is InChI=1S/C16H24N2OS2/c1-4-13(11-21-3)18(2)16(19)14(15(17)20)10-12-8-6-5-7-9-12/h5-9,13-14H,4,10-11H2,1-3H3,(H2,17,20). The Bertz CT molecular complexity index is 465. The molecule has 0 saturated heterocycles. The second kappa shape index (κ2) is 9.05. The van der Waals surface area contributed by atoms with Gasteiger partial charge in [-0.2, -0.15) is 11.8 Å². The Kier molecular flexibility index (Phi) is 7.75. The van der Waals surface area contributed by atoms with Crippen molar-refractivity contribution in [1.29, 1.82) is 0 Å². The molecule has 21 heavy (non-hydrogen) atoms. The Balaban J connectivity index is 2.84. The number of amides is 1. The summed E-state index contributed by atoms with van der Waals surface area (Å²) >= 11 is 6.87. The first kappa shape index (κ1) is 18.0. The Morgan fingerprint density at radius 3 is 2.48 bits per heavy atom. The first-order valence-electron chi connectivity index (χ1n) is 7.10. The van der Waals surface area contributed by atoms with Gasteiger partial charge in [-0.25, -0.2) is 0 Å². The molecule has 0 fully saturated rings. The first-order chi connectivity index (χ1) is 10.0. The molecule has 0 spiro atoms. The number of hydrogen-bond acceptors (Lipinski definition) is 3. The topological polar surface area (TPSA) is 46.3 Å². The van der Waals surface area contributed by atoms with Gasteiger partial charge in [0.2, 0.25) is 5.91 Å². The molecule has 0 aliphatic rings. The predicted molar refractivity (Wildman–Crippen MR) is 95.7 cm³/mol. The second-order valence-corrected chi connectivity index (χ2v) is 6.49. The third kappa shape index (κ3) is 5.32. The van der Waals surface area contributed by atoms with Crippen LogP contribution in [0.4, 0.5) is 0 Å². The summed E-state index contributed by atoms with van der Waals surface area (Å²) in [5, 5.41) is 0. The molecule has 1 aromatic rings. The van der Waals surface area contributed by atoms with E-state index >= 15 is 0 Å². The number of thiocarbonyl (C=S) groups is 1. The van der Waals surface area contributed by atoms with Crippen LogP contribution in [0.2, 0.25) is 0 Å². The fourth-order valence-corrected chi connectivity index (χ4v) is 3.31. The van der Waals surface area contributed by atoms with Crippen LogP contribution in [0.1, 0.15) is 18.9 Å². The van der Waals surface area contributed by atoms with E-state index in [-0.39, 0.29) is 16.9 Å². The van der Waals surface area contributed by atoms with Gasteiger partial charge in [0.25, 0.3) is 0 Å². The largest absolute Gasteiger partial charge is 0.393 e. The number of thioether (sulfide) groups is 1. The zero-order valence-corrected chi connectivity index (χ0v) is 14.5. The van der Waals surface area contributed by atoms with Gasteiger partial charge in [-0.15, -0.1) is 0 Å². The van der Waals surface area contributed by atoms with Crippen molar-refractivity contribution in [3.8, 4) is 0 Å². The number of carbonyl (C=O) groups excluding carboxylic acids is 1. The summed E-state index contributed by atoms with van der Waals surface area (Å²) in [6, 6.07) is 10.1. The molecular formula is C16H24N2OS2. The van der Waals surface area contributed by atoms with E-state index in [0.29, 0.717) is 6.42 Å². The highest BCUT2D eigenvalue weighted by atomic mass is 32.2. The van der Waals surface area contributed by atoms with Gasteiger partial charge < -0.3 is 10.6 Å². The second-order valence-electron chi connectivity index (χ2n) is 5.11. The molecule has 0 radical (unpaired) electrons. The number of rotatable bonds is 8. The van der Waals surface area contributed by atoms with Crippen LogP contribution in [0, 0.1) is 5.92 Å². The minimum absolute atomic E-state index is 0.0206. The molecule has 0 aliphatic heterocycles. The molecule has 0 heterocycles. The molecule has 116 valence electrons. The van der Waals surface area contributed by atoms with Crippen LogP contribution in [0.25, 0.3) is 0 Å². The SMILES string of the molecule is CCC(CSC)N(C)C(=O)C(Cc1ccccc1)C(N)=S. The Morgan fingerprint density at radius 2 is 2.00 bits per heavy atom. The molecule has 1 amide bonds. The lowest BCUT2D eigenvalue weighted by atomic mass is 9.97. The predicted octanol–water partition coefficient (Wildman–Crippen LogP) is 2.73. The molecule has 0 saturated carbocycles. The van der Waals surface area contributed by atoms with Gasteiger partial charge in [-0.3, -0.25) is 4.79 Å². The highest BCUT2D eigenvalue weighted by Gasteiger charge is 2.28. The van der Waals surface area contributed by atoms with Crippen molar-refractivity contribution in [2.75, 3.05) is 19.1 Å². The summed E-state index contributed by atoms with van der Waals surface area (Å²) in [7, 11) is 1.85. The minimum atomic E-state index is -0.427. The lowest BCUT2D eigenvalue weighted by Crippen LogP contribution is -2.45. The van der Waals surface area contributed by atoms with Crippen LogP contribution in [-0.2, 0) is 11.2 Å². The highest BCUT2D eigenvalue weighted by molar-refractivity contribution is 7.98. The highest BCUT2D eigenvalue weighted by Crippen LogP contribution is 2.16. The smallest absolute Gasteiger partial charge is 0.232 e. The van der Waals surface area contributed by atoms with E-state index < -0.39 is 5.92 Å². The fourth-order valence-electron chi connectivity index (χ4n) is 2.28. The van der Waals surface area contributed by atoms with Gasteiger partial charge in [-0.05, 0) is 24.7 Å². The van der Waals surface area contributed by atoms with Crippen molar-refractivity contribution in [3.63, 3.8) is 0 Å². The van der Waals surface area contributed by atoms with Gasteiger partial charge >= 0.3 is 0 Å². The molecule has 2 unspecified atom stereocenters. The Morgan fingerprint density at radius 1 is 1.38 bits per heavy atom. The average Bonchev–Trinajstić information content (AvgIpc) is 2.49. The zero-order valence-electron chi connectivity index (χ0n) is 12.9. The molecule has 0 aromatic heterocycles. The normalized spacial score (nSPS) is 13.5. The summed E-state index contributed by atoms with van der Waals surface area (Å²) in [6.45, 7) is 2.09. The van der Waals surface area contributed by atoms with E-state index in [1.54, 1.807) is 11.8 Å². The summed E-state index contributed by atoms with van der Waals surface area (Å²) in [6.07, 6.45) is 3.55. The van der Waals surface area contributed by atoms with Crippen molar-refractivity contribution >= 4 is 34.9 Å². The van der Waals surface area contributed by atoms with E-state index in [4.69, 9.17) is 18.0 Å². The third-order valence-electron chi connectivity index (χ3n) is 3.65. The molecule has 3 nitrogen and oxygen atoms in total. The van der Waals surface area contributed by atoms with Crippen LogP contribution < -0.4 is 5.73 Å². The van der Waals surface area contributed by atoms with Gasteiger partial charge in [0.15, 0.2) is 0 Å². The first-order valence-corrected chi connectivity index (χ1v) is 8.90. The number of hydrogen-bond donors (Lipinski definition) is 1. The van der Waals surface area contributed by atoms with Crippen molar-refractivity contribution < 1.29 is 4.79 Å². The maximum absolute atomic E-state index is 12.7. The molecule has 5 heteroatoms. The molecule has 0 aliphatic carbocycles. The monoisotopic (exact) mass is 324 g/mol. The molecular weight excluding hydrogens is 300 g/mol. The fraction of sp³-hybridized carbons (Fsp3) is 0.500. The minimum Gasteiger partial charge on any atom is -0.393 e. The van der Waals surface area contributed by atoms with Gasteiger partial charge in [-0.1, -0.05) is 49.5 Å². The molecule has 1 rings (SSSR count). The van der Waals surface area contributed by atoms with Gasteiger partial charge in [0.05, 0.1) is 10.9 Å². The van der Waals surface area contributed by atoms with Crippen LogP contribution in [-0.4, -0.2) is 40.9 Å². The van der Waals surface area contributed by atoms with Crippen molar-refractivity contribution in [2.45, 2.75) is 25.8 Å². The van der Waals surface area contributed by atoms with E-state index in [1.807, 2.05) is 42.3 Å². The number of nitrogens with zero attached hydrogens (tertiary/aromatic N) is 1. The molecule has 2 N–H and O–H groups in total. The Labute approximate surface area is 137 Å². The summed E-state index contributed by atoms with van der Waals surface area (Å²) < 4.78 is 0. The van der Waals surface area contributed by atoms with Crippen LogP contribution in [0.3, 0.4) is 0 Å². The number of nitrogens with two attached hydrogens (primary N) is 1. The van der Waals surface area contributed by atoms with Crippen molar-refractivity contribution in [3.05, 3.63) is 35.9 Å². The van der Waals surface area contributed by atoms with Crippen molar-refractivity contribution in [2.24, 2.45) is 11.7 Å². The average molecular weight is 325 g/mol. The van der Waals surface area contributed by atoms with Gasteiger partial charge in [0.1, 0.15) is 0 Å². The number of benzene rings is 1. The zero-order chi connectivity index (χ0) is 15.8. The Hall–Kier alpha value is -1.07. The van der Waals surface area contributed by atoms with Crippen LogP contribution in [0.5, 0.6) is 0 Å². The summed E-state index contributed by atoms with van der Waals surface area (Å²) in [5.41, 5.74) is 6.90. The third-order valence-corrected chi connectivity index (χ3v) is 4.65.